The third-order valence-corrected chi connectivity index (χ3v) is 3.66. The molecule has 0 aliphatic rings. The van der Waals surface area contributed by atoms with Crippen molar-refractivity contribution >= 4 is 0 Å². The van der Waals surface area contributed by atoms with E-state index < -0.39 is 0 Å². The van der Waals surface area contributed by atoms with Crippen LogP contribution in [0.2, 0.25) is 0 Å². The van der Waals surface area contributed by atoms with Crippen LogP contribution in [0.3, 0.4) is 0 Å². The molecule has 0 aromatic heterocycles. The topological polar surface area (TPSA) is 44.5 Å². The summed E-state index contributed by atoms with van der Waals surface area (Å²) in [6, 6.07) is 14.3. The molecule has 118 valence electrons. The molecule has 3 heteroatoms. The SMILES string of the molecule is Cc1ccc(OCCCOc2ccc(CCN)cc2)cc1C. The van der Waals surface area contributed by atoms with E-state index in [-0.39, 0.29) is 0 Å². The minimum absolute atomic E-state index is 0.654. The lowest BCUT2D eigenvalue weighted by atomic mass is 10.1. The Labute approximate surface area is 133 Å². The first-order valence-electron chi connectivity index (χ1n) is 7.81. The normalized spacial score (nSPS) is 10.5. The smallest absolute Gasteiger partial charge is 0.119 e. The first-order chi connectivity index (χ1) is 10.7. The molecule has 0 bridgehead atoms. The highest BCUT2D eigenvalue weighted by Gasteiger charge is 1.99. The molecule has 0 saturated heterocycles. The van der Waals surface area contributed by atoms with Gasteiger partial charge in [-0.3, -0.25) is 0 Å². The Kier molecular flexibility index (Phi) is 6.28. The van der Waals surface area contributed by atoms with Crippen molar-refractivity contribution in [3.05, 3.63) is 59.2 Å². The third-order valence-electron chi connectivity index (χ3n) is 3.66. The van der Waals surface area contributed by atoms with Gasteiger partial charge >= 0.3 is 0 Å². The maximum Gasteiger partial charge on any atom is 0.119 e. The first kappa shape index (κ1) is 16.4. The molecule has 2 aromatic rings. The quantitative estimate of drug-likeness (QED) is 0.757. The maximum atomic E-state index is 5.74. The van der Waals surface area contributed by atoms with Gasteiger partial charge in [-0.1, -0.05) is 18.2 Å². The van der Waals surface area contributed by atoms with E-state index >= 15 is 0 Å². The maximum absolute atomic E-state index is 5.74. The summed E-state index contributed by atoms with van der Waals surface area (Å²) >= 11 is 0. The lowest BCUT2D eigenvalue weighted by Gasteiger charge is -2.10. The second-order valence-electron chi connectivity index (χ2n) is 5.48. The van der Waals surface area contributed by atoms with Crippen LogP contribution in [0.5, 0.6) is 11.5 Å². The molecule has 3 nitrogen and oxygen atoms in total. The fourth-order valence-corrected chi connectivity index (χ4v) is 2.16. The van der Waals surface area contributed by atoms with E-state index in [2.05, 4.69) is 38.1 Å². The minimum atomic E-state index is 0.654. The average Bonchev–Trinajstić information content (AvgIpc) is 2.52. The van der Waals surface area contributed by atoms with E-state index in [0.717, 1.165) is 24.3 Å². The Morgan fingerprint density at radius 2 is 1.45 bits per heavy atom. The monoisotopic (exact) mass is 299 g/mol. The molecular weight excluding hydrogens is 274 g/mol. The van der Waals surface area contributed by atoms with E-state index in [1.54, 1.807) is 0 Å². The Hall–Kier alpha value is -2.00. The molecule has 0 aliphatic heterocycles. The van der Waals surface area contributed by atoms with Crippen molar-refractivity contribution in [3.8, 4) is 11.5 Å². The summed E-state index contributed by atoms with van der Waals surface area (Å²) in [6.07, 6.45) is 1.77. The number of hydrogen-bond donors (Lipinski definition) is 1. The lowest BCUT2D eigenvalue weighted by Crippen LogP contribution is -2.05. The van der Waals surface area contributed by atoms with Crippen molar-refractivity contribution < 1.29 is 9.47 Å². The van der Waals surface area contributed by atoms with E-state index in [4.69, 9.17) is 15.2 Å². The number of aryl methyl sites for hydroxylation is 2. The second kappa shape index (κ2) is 8.44. The molecule has 22 heavy (non-hydrogen) atoms. The van der Waals surface area contributed by atoms with Crippen LogP contribution < -0.4 is 15.2 Å². The molecule has 0 fully saturated rings. The van der Waals surface area contributed by atoms with Gasteiger partial charge in [0.1, 0.15) is 11.5 Å². The van der Waals surface area contributed by atoms with Gasteiger partial charge in [-0.15, -0.1) is 0 Å². The van der Waals surface area contributed by atoms with Crippen LogP contribution in [0.25, 0.3) is 0 Å². The summed E-state index contributed by atoms with van der Waals surface area (Å²) in [5, 5.41) is 0. The van der Waals surface area contributed by atoms with Gasteiger partial charge in [-0.05, 0) is 67.8 Å². The Bertz CT molecular complexity index is 578. The number of hydrogen-bond acceptors (Lipinski definition) is 3. The summed E-state index contributed by atoms with van der Waals surface area (Å²) in [7, 11) is 0. The molecule has 0 radical (unpaired) electrons. The fraction of sp³-hybridized carbons (Fsp3) is 0.368. The molecule has 2 aromatic carbocycles. The Morgan fingerprint density at radius 1 is 0.818 bits per heavy atom. The Balaban J connectivity index is 1.67. The van der Waals surface area contributed by atoms with Crippen molar-refractivity contribution in [2.45, 2.75) is 26.7 Å². The zero-order chi connectivity index (χ0) is 15.8. The number of rotatable bonds is 8. The standard InChI is InChI=1S/C19H25NO2/c1-15-4-7-19(14-16(15)2)22-13-3-12-21-18-8-5-17(6-9-18)10-11-20/h4-9,14H,3,10-13,20H2,1-2H3. The van der Waals surface area contributed by atoms with Gasteiger partial charge in [0.25, 0.3) is 0 Å². The van der Waals surface area contributed by atoms with Crippen LogP contribution in [-0.4, -0.2) is 19.8 Å². The van der Waals surface area contributed by atoms with Crippen molar-refractivity contribution in [3.63, 3.8) is 0 Å². The molecule has 2 rings (SSSR count). The van der Waals surface area contributed by atoms with Gasteiger partial charge in [-0.25, -0.2) is 0 Å². The van der Waals surface area contributed by atoms with Crippen LogP contribution in [0.15, 0.2) is 42.5 Å². The van der Waals surface area contributed by atoms with E-state index in [0.29, 0.717) is 19.8 Å². The van der Waals surface area contributed by atoms with Crippen molar-refractivity contribution in [1.82, 2.24) is 0 Å². The highest BCUT2D eigenvalue weighted by molar-refractivity contribution is 5.33. The van der Waals surface area contributed by atoms with Gasteiger partial charge in [0.15, 0.2) is 0 Å². The summed E-state index contributed by atoms with van der Waals surface area (Å²) in [6.45, 7) is 6.19. The third kappa shape index (κ3) is 5.08. The van der Waals surface area contributed by atoms with Crippen molar-refractivity contribution in [2.24, 2.45) is 5.73 Å². The predicted molar refractivity (Wildman–Crippen MR) is 90.7 cm³/mol. The fourth-order valence-electron chi connectivity index (χ4n) is 2.16. The highest BCUT2D eigenvalue weighted by atomic mass is 16.5. The molecule has 0 spiro atoms. The van der Waals surface area contributed by atoms with Crippen LogP contribution >= 0.6 is 0 Å². The summed E-state index contributed by atoms with van der Waals surface area (Å²) in [5.74, 6) is 1.82. The van der Waals surface area contributed by atoms with Crippen LogP contribution in [0, 0.1) is 13.8 Å². The zero-order valence-corrected chi connectivity index (χ0v) is 13.5. The summed E-state index contributed by atoms with van der Waals surface area (Å²) < 4.78 is 11.4. The van der Waals surface area contributed by atoms with Crippen molar-refractivity contribution in [2.75, 3.05) is 19.8 Å². The molecule has 0 heterocycles. The van der Waals surface area contributed by atoms with Crippen LogP contribution in [0.4, 0.5) is 0 Å². The summed E-state index contributed by atoms with van der Waals surface area (Å²) in [4.78, 5) is 0. The summed E-state index contributed by atoms with van der Waals surface area (Å²) in [5.41, 5.74) is 9.32. The van der Waals surface area contributed by atoms with Gasteiger partial charge in [0, 0.05) is 6.42 Å². The Morgan fingerprint density at radius 3 is 2.09 bits per heavy atom. The van der Waals surface area contributed by atoms with Gasteiger partial charge in [0.05, 0.1) is 13.2 Å². The zero-order valence-electron chi connectivity index (χ0n) is 13.5. The largest absolute Gasteiger partial charge is 0.493 e. The molecule has 0 atom stereocenters. The van der Waals surface area contributed by atoms with Gasteiger partial charge < -0.3 is 15.2 Å². The molecule has 2 N–H and O–H groups in total. The lowest BCUT2D eigenvalue weighted by molar-refractivity contribution is 0.247. The van der Waals surface area contributed by atoms with Crippen LogP contribution in [-0.2, 0) is 6.42 Å². The molecular formula is C19H25NO2. The van der Waals surface area contributed by atoms with Gasteiger partial charge in [0.2, 0.25) is 0 Å². The van der Waals surface area contributed by atoms with Crippen LogP contribution in [0.1, 0.15) is 23.1 Å². The molecule has 0 unspecified atom stereocenters. The minimum Gasteiger partial charge on any atom is -0.493 e. The molecule has 0 amide bonds. The highest BCUT2D eigenvalue weighted by Crippen LogP contribution is 2.17. The van der Waals surface area contributed by atoms with Crippen molar-refractivity contribution in [1.29, 1.82) is 0 Å². The molecule has 0 saturated carbocycles. The second-order valence-corrected chi connectivity index (χ2v) is 5.48. The molecule has 0 aliphatic carbocycles. The van der Waals surface area contributed by atoms with E-state index in [1.807, 2.05) is 18.2 Å². The first-order valence-corrected chi connectivity index (χ1v) is 7.81. The number of ether oxygens (including phenoxy) is 2. The number of nitrogens with two attached hydrogens (primary N) is 1. The van der Waals surface area contributed by atoms with E-state index in [1.165, 1.54) is 16.7 Å². The average molecular weight is 299 g/mol. The predicted octanol–water partition coefficient (Wildman–Crippen LogP) is 3.65. The number of benzene rings is 2. The van der Waals surface area contributed by atoms with Gasteiger partial charge in [-0.2, -0.15) is 0 Å². The van der Waals surface area contributed by atoms with E-state index in [9.17, 15) is 0 Å².